The number of thiophene rings is 1. The van der Waals surface area contributed by atoms with E-state index in [9.17, 15) is 5.11 Å². The second-order valence-electron chi connectivity index (χ2n) is 4.06. The van der Waals surface area contributed by atoms with Crippen LogP contribution in [-0.4, -0.2) is 19.2 Å². The number of aliphatic hydroxyl groups is 1. The van der Waals surface area contributed by atoms with Crippen LogP contribution in [0.3, 0.4) is 0 Å². The Kier molecular flexibility index (Phi) is 3.86. The average Bonchev–Trinajstić information content (AvgIpc) is 2.74. The standard InChI is InChI=1S/C13H14BrNOS/c1-15(2)10-5-3-9(4-6-10)13(16)11-7-17-8-12(11)14/h3-8,13,16H,1-2H3. The fraction of sp³-hybridized carbons (Fsp3) is 0.231. The van der Waals surface area contributed by atoms with Gasteiger partial charge in [-0.25, -0.2) is 0 Å². The Bertz CT molecular complexity index is 492. The van der Waals surface area contributed by atoms with Crippen LogP contribution in [0.5, 0.6) is 0 Å². The van der Waals surface area contributed by atoms with Gasteiger partial charge in [0.15, 0.2) is 0 Å². The number of aliphatic hydroxyl groups excluding tert-OH is 1. The number of benzene rings is 1. The Morgan fingerprint density at radius 1 is 1.18 bits per heavy atom. The molecule has 0 aliphatic heterocycles. The lowest BCUT2D eigenvalue weighted by Gasteiger charge is -2.15. The molecule has 1 aromatic heterocycles. The molecule has 1 atom stereocenters. The van der Waals surface area contributed by atoms with Crippen LogP contribution in [0, 0.1) is 0 Å². The van der Waals surface area contributed by atoms with E-state index in [4.69, 9.17) is 0 Å². The molecule has 0 amide bonds. The van der Waals surface area contributed by atoms with Crippen molar-refractivity contribution in [3.05, 3.63) is 50.6 Å². The van der Waals surface area contributed by atoms with E-state index in [0.29, 0.717) is 0 Å². The fourth-order valence-corrected chi connectivity index (χ4v) is 3.15. The lowest BCUT2D eigenvalue weighted by molar-refractivity contribution is 0.220. The zero-order valence-electron chi connectivity index (χ0n) is 9.72. The smallest absolute Gasteiger partial charge is 0.106 e. The third-order valence-electron chi connectivity index (χ3n) is 2.66. The molecule has 0 fully saturated rings. The SMILES string of the molecule is CN(C)c1ccc(C(O)c2cscc2Br)cc1. The molecule has 2 nitrogen and oxygen atoms in total. The summed E-state index contributed by atoms with van der Waals surface area (Å²) < 4.78 is 0.965. The van der Waals surface area contributed by atoms with Crippen LogP contribution in [0.1, 0.15) is 17.2 Å². The Hall–Kier alpha value is -0.840. The first-order valence-electron chi connectivity index (χ1n) is 5.26. The average molecular weight is 312 g/mol. The molecule has 0 spiro atoms. The predicted octanol–water partition coefficient (Wildman–Crippen LogP) is 3.66. The van der Waals surface area contributed by atoms with E-state index in [1.807, 2.05) is 54.0 Å². The number of rotatable bonds is 3. The van der Waals surface area contributed by atoms with Crippen molar-refractivity contribution in [1.82, 2.24) is 0 Å². The molecule has 2 aromatic rings. The second-order valence-corrected chi connectivity index (χ2v) is 5.66. The molecular weight excluding hydrogens is 298 g/mol. The van der Waals surface area contributed by atoms with Crippen molar-refractivity contribution in [2.75, 3.05) is 19.0 Å². The highest BCUT2D eigenvalue weighted by atomic mass is 79.9. The van der Waals surface area contributed by atoms with E-state index in [1.54, 1.807) is 11.3 Å². The largest absolute Gasteiger partial charge is 0.384 e. The molecule has 0 aliphatic carbocycles. The number of halogens is 1. The highest BCUT2D eigenvalue weighted by molar-refractivity contribution is 9.10. The monoisotopic (exact) mass is 311 g/mol. The van der Waals surface area contributed by atoms with Crippen molar-refractivity contribution in [1.29, 1.82) is 0 Å². The van der Waals surface area contributed by atoms with Gasteiger partial charge in [0.05, 0.1) is 0 Å². The van der Waals surface area contributed by atoms with E-state index in [2.05, 4.69) is 15.9 Å². The number of anilines is 1. The minimum atomic E-state index is -0.563. The summed E-state index contributed by atoms with van der Waals surface area (Å²) in [5.74, 6) is 0. The van der Waals surface area contributed by atoms with Crippen LogP contribution in [0.15, 0.2) is 39.5 Å². The molecular formula is C13H14BrNOS. The third kappa shape index (κ3) is 2.70. The summed E-state index contributed by atoms with van der Waals surface area (Å²) in [6.45, 7) is 0. The second kappa shape index (κ2) is 5.21. The van der Waals surface area contributed by atoms with E-state index < -0.39 is 6.10 Å². The van der Waals surface area contributed by atoms with Crippen molar-refractivity contribution in [2.45, 2.75) is 6.10 Å². The van der Waals surface area contributed by atoms with E-state index in [0.717, 1.165) is 21.3 Å². The van der Waals surface area contributed by atoms with E-state index >= 15 is 0 Å². The number of hydrogen-bond acceptors (Lipinski definition) is 3. The van der Waals surface area contributed by atoms with Crippen LogP contribution in [0.4, 0.5) is 5.69 Å². The first-order valence-corrected chi connectivity index (χ1v) is 7.00. The van der Waals surface area contributed by atoms with Crippen molar-refractivity contribution in [3.63, 3.8) is 0 Å². The summed E-state index contributed by atoms with van der Waals surface area (Å²) >= 11 is 5.03. The predicted molar refractivity (Wildman–Crippen MR) is 76.8 cm³/mol. The highest BCUT2D eigenvalue weighted by Crippen LogP contribution is 2.31. The molecule has 0 saturated heterocycles. The summed E-state index contributed by atoms with van der Waals surface area (Å²) in [5.41, 5.74) is 2.97. The molecule has 1 heterocycles. The molecule has 17 heavy (non-hydrogen) atoms. The normalized spacial score (nSPS) is 12.5. The van der Waals surface area contributed by atoms with Crippen LogP contribution < -0.4 is 4.90 Å². The maximum Gasteiger partial charge on any atom is 0.106 e. The molecule has 0 aliphatic rings. The molecule has 4 heteroatoms. The minimum Gasteiger partial charge on any atom is -0.384 e. The number of hydrogen-bond donors (Lipinski definition) is 1. The topological polar surface area (TPSA) is 23.5 Å². The Morgan fingerprint density at radius 2 is 1.82 bits per heavy atom. The quantitative estimate of drug-likeness (QED) is 0.935. The van der Waals surface area contributed by atoms with Gasteiger partial charge in [-0.3, -0.25) is 0 Å². The van der Waals surface area contributed by atoms with Gasteiger partial charge in [-0.15, -0.1) is 0 Å². The molecule has 90 valence electrons. The summed E-state index contributed by atoms with van der Waals surface area (Å²) in [6, 6.07) is 7.95. The van der Waals surface area contributed by atoms with Gasteiger partial charge < -0.3 is 10.0 Å². The first kappa shape index (κ1) is 12.6. The van der Waals surface area contributed by atoms with Crippen LogP contribution in [0.2, 0.25) is 0 Å². The number of nitrogens with zero attached hydrogens (tertiary/aromatic N) is 1. The summed E-state index contributed by atoms with van der Waals surface area (Å²) in [5, 5.41) is 14.2. The maximum atomic E-state index is 10.3. The Labute approximate surface area is 114 Å². The zero-order valence-corrected chi connectivity index (χ0v) is 12.1. The van der Waals surface area contributed by atoms with Crippen molar-refractivity contribution in [2.24, 2.45) is 0 Å². The van der Waals surface area contributed by atoms with E-state index in [1.165, 1.54) is 0 Å². The molecule has 0 bridgehead atoms. The molecule has 0 saturated carbocycles. The highest BCUT2D eigenvalue weighted by Gasteiger charge is 2.14. The maximum absolute atomic E-state index is 10.3. The summed E-state index contributed by atoms with van der Waals surface area (Å²) in [7, 11) is 4.00. The van der Waals surface area contributed by atoms with Crippen LogP contribution in [-0.2, 0) is 0 Å². The van der Waals surface area contributed by atoms with Gasteiger partial charge in [0, 0.05) is 35.2 Å². The van der Waals surface area contributed by atoms with Gasteiger partial charge in [0.1, 0.15) is 6.10 Å². The van der Waals surface area contributed by atoms with Gasteiger partial charge in [0.2, 0.25) is 0 Å². The molecule has 2 rings (SSSR count). The molecule has 1 unspecified atom stereocenters. The van der Waals surface area contributed by atoms with Crippen LogP contribution in [0.25, 0.3) is 0 Å². The fourth-order valence-electron chi connectivity index (χ4n) is 1.62. The first-order chi connectivity index (χ1) is 8.09. The van der Waals surface area contributed by atoms with Crippen molar-refractivity contribution < 1.29 is 5.11 Å². The van der Waals surface area contributed by atoms with Crippen molar-refractivity contribution >= 4 is 33.0 Å². The summed E-state index contributed by atoms with van der Waals surface area (Å²) in [6.07, 6.45) is -0.563. The minimum absolute atomic E-state index is 0.563. The van der Waals surface area contributed by atoms with E-state index in [-0.39, 0.29) is 0 Å². The van der Waals surface area contributed by atoms with Gasteiger partial charge >= 0.3 is 0 Å². The Balaban J connectivity index is 2.26. The lowest BCUT2D eigenvalue weighted by Crippen LogP contribution is -2.08. The molecule has 1 aromatic carbocycles. The van der Waals surface area contributed by atoms with Gasteiger partial charge in [-0.2, -0.15) is 11.3 Å². The van der Waals surface area contributed by atoms with Crippen LogP contribution >= 0.6 is 27.3 Å². The van der Waals surface area contributed by atoms with Crippen molar-refractivity contribution in [3.8, 4) is 0 Å². The van der Waals surface area contributed by atoms with Gasteiger partial charge in [0.25, 0.3) is 0 Å². The third-order valence-corrected chi connectivity index (χ3v) is 4.41. The van der Waals surface area contributed by atoms with Gasteiger partial charge in [-0.05, 0) is 39.0 Å². The summed E-state index contributed by atoms with van der Waals surface area (Å²) in [4.78, 5) is 2.04. The lowest BCUT2D eigenvalue weighted by atomic mass is 10.0. The Morgan fingerprint density at radius 3 is 2.29 bits per heavy atom. The molecule has 0 radical (unpaired) electrons. The zero-order chi connectivity index (χ0) is 12.4. The molecule has 1 N–H and O–H groups in total. The van der Waals surface area contributed by atoms with Gasteiger partial charge in [-0.1, -0.05) is 12.1 Å².